The maximum absolute atomic E-state index is 9.50. The SMILES string of the molecule is [Li][c]1ccc(CC(CO)c2ccccc2)cc1. The van der Waals surface area contributed by atoms with Crippen LogP contribution in [0.5, 0.6) is 0 Å². The van der Waals surface area contributed by atoms with Gasteiger partial charge in [-0.3, -0.25) is 0 Å². The molecule has 1 N–H and O–H groups in total. The quantitative estimate of drug-likeness (QED) is 0.776. The van der Waals surface area contributed by atoms with E-state index in [-0.39, 0.29) is 12.5 Å². The Morgan fingerprint density at radius 3 is 2.18 bits per heavy atom. The maximum atomic E-state index is 9.50. The fourth-order valence-electron chi connectivity index (χ4n) is 2.02. The normalized spacial score (nSPS) is 12.4. The molecule has 2 heteroatoms. The van der Waals surface area contributed by atoms with Crippen molar-refractivity contribution in [3.8, 4) is 0 Å². The predicted octanol–water partition coefficient (Wildman–Crippen LogP) is 1.80. The van der Waals surface area contributed by atoms with Gasteiger partial charge in [0.05, 0.1) is 0 Å². The van der Waals surface area contributed by atoms with Crippen molar-refractivity contribution in [3.05, 3.63) is 65.7 Å². The molecule has 0 spiro atoms. The average Bonchev–Trinajstić information content (AvgIpc) is 2.39. The Morgan fingerprint density at radius 1 is 0.941 bits per heavy atom. The summed E-state index contributed by atoms with van der Waals surface area (Å²) in [4.78, 5) is 0. The summed E-state index contributed by atoms with van der Waals surface area (Å²) in [6, 6.07) is 18.7. The van der Waals surface area contributed by atoms with Crippen LogP contribution in [0.25, 0.3) is 0 Å². The third kappa shape index (κ3) is 3.48. The van der Waals surface area contributed by atoms with Crippen LogP contribution in [0.1, 0.15) is 17.0 Å². The van der Waals surface area contributed by atoms with Crippen molar-refractivity contribution >= 4 is 22.0 Å². The summed E-state index contributed by atoms with van der Waals surface area (Å²) in [5.74, 6) is 0.193. The molecular formula is C15H15LiO. The summed E-state index contributed by atoms with van der Waals surface area (Å²) in [6.07, 6.45) is 0.890. The van der Waals surface area contributed by atoms with E-state index in [1.54, 1.807) is 0 Å². The van der Waals surface area contributed by atoms with Crippen LogP contribution in [0.3, 0.4) is 0 Å². The molecule has 0 heterocycles. The van der Waals surface area contributed by atoms with E-state index >= 15 is 0 Å². The first-order valence-electron chi connectivity index (χ1n) is 6.01. The summed E-state index contributed by atoms with van der Waals surface area (Å²) < 4.78 is 1.27. The van der Waals surface area contributed by atoms with Gasteiger partial charge in [-0.2, -0.15) is 0 Å². The Balaban J connectivity index is 2.13. The second kappa shape index (κ2) is 6.07. The van der Waals surface area contributed by atoms with Crippen LogP contribution >= 0.6 is 0 Å². The second-order valence-electron chi connectivity index (χ2n) is 4.48. The molecule has 0 aliphatic rings. The molecule has 0 fully saturated rings. The van der Waals surface area contributed by atoms with Gasteiger partial charge in [0.2, 0.25) is 0 Å². The molecule has 82 valence electrons. The minimum absolute atomic E-state index is 0.192. The molecular weight excluding hydrogens is 203 g/mol. The van der Waals surface area contributed by atoms with Crippen molar-refractivity contribution in [2.45, 2.75) is 12.3 Å². The van der Waals surface area contributed by atoms with E-state index in [0.717, 1.165) is 6.42 Å². The van der Waals surface area contributed by atoms with Gasteiger partial charge < -0.3 is 0 Å². The first kappa shape index (κ1) is 12.5. The van der Waals surface area contributed by atoms with Crippen molar-refractivity contribution in [3.63, 3.8) is 0 Å². The summed E-state index contributed by atoms with van der Waals surface area (Å²) in [5, 5.41) is 9.50. The molecule has 1 atom stereocenters. The zero-order valence-electron chi connectivity index (χ0n) is 10.1. The number of hydrogen-bond donors (Lipinski definition) is 1. The zero-order chi connectivity index (χ0) is 12.1. The Labute approximate surface area is 112 Å². The van der Waals surface area contributed by atoms with E-state index in [1.165, 1.54) is 15.4 Å². The Hall–Kier alpha value is -1.00. The van der Waals surface area contributed by atoms with E-state index in [1.807, 2.05) is 18.2 Å². The van der Waals surface area contributed by atoms with E-state index in [4.69, 9.17) is 0 Å². The third-order valence-corrected chi connectivity index (χ3v) is 3.09. The van der Waals surface area contributed by atoms with Gasteiger partial charge >= 0.3 is 112 Å². The number of aliphatic hydroxyl groups is 1. The number of hydrogen-bond acceptors (Lipinski definition) is 1. The van der Waals surface area contributed by atoms with Crippen LogP contribution in [-0.2, 0) is 6.42 Å². The van der Waals surface area contributed by atoms with E-state index in [0.29, 0.717) is 0 Å². The standard InChI is InChI=1S/C15H15O.Li/c16-12-15(14-9-5-2-6-10-14)11-13-7-3-1-4-8-13;/h2-10,15-16H,11-12H2;. The van der Waals surface area contributed by atoms with Gasteiger partial charge in [0.25, 0.3) is 0 Å². The van der Waals surface area contributed by atoms with Crippen molar-refractivity contribution in [2.24, 2.45) is 0 Å². The summed E-state index contributed by atoms with van der Waals surface area (Å²) in [5.41, 5.74) is 2.48. The molecule has 0 radical (unpaired) electrons. The Morgan fingerprint density at radius 2 is 1.59 bits per heavy atom. The Bertz CT molecular complexity index is 450. The summed E-state index contributed by atoms with van der Waals surface area (Å²) in [7, 11) is 0. The molecule has 2 aromatic carbocycles. The number of rotatable bonds is 4. The van der Waals surface area contributed by atoms with Crippen LogP contribution in [0.15, 0.2) is 54.6 Å². The third-order valence-electron chi connectivity index (χ3n) is 3.09. The molecule has 0 saturated heterocycles. The van der Waals surface area contributed by atoms with Crippen molar-refractivity contribution < 1.29 is 5.11 Å². The van der Waals surface area contributed by atoms with Crippen LogP contribution in [0.4, 0.5) is 0 Å². The topological polar surface area (TPSA) is 20.2 Å². The number of aliphatic hydroxyl groups excluding tert-OH is 1. The molecule has 1 unspecified atom stereocenters. The second-order valence-corrected chi connectivity index (χ2v) is 4.48. The average molecular weight is 218 g/mol. The molecule has 0 aliphatic carbocycles. The van der Waals surface area contributed by atoms with Crippen LogP contribution in [0, 0.1) is 0 Å². The van der Waals surface area contributed by atoms with Crippen molar-refractivity contribution in [2.75, 3.05) is 6.61 Å². The molecule has 0 saturated carbocycles. The zero-order valence-corrected chi connectivity index (χ0v) is 10.1. The molecule has 2 aromatic rings. The summed E-state index contributed by atoms with van der Waals surface area (Å²) >= 11 is 2.09. The predicted molar refractivity (Wildman–Crippen MR) is 71.8 cm³/mol. The first-order chi connectivity index (χ1) is 8.29. The van der Waals surface area contributed by atoms with Gasteiger partial charge in [0.1, 0.15) is 0 Å². The number of benzene rings is 2. The van der Waals surface area contributed by atoms with Gasteiger partial charge in [0, 0.05) is 0 Å². The van der Waals surface area contributed by atoms with Gasteiger partial charge in [-0.15, -0.1) is 0 Å². The van der Waals surface area contributed by atoms with Crippen LogP contribution in [0.2, 0.25) is 0 Å². The van der Waals surface area contributed by atoms with E-state index in [2.05, 4.69) is 54.1 Å². The molecule has 1 nitrogen and oxygen atoms in total. The van der Waals surface area contributed by atoms with Crippen molar-refractivity contribution in [1.82, 2.24) is 0 Å². The molecule has 0 aromatic heterocycles. The van der Waals surface area contributed by atoms with E-state index in [9.17, 15) is 5.11 Å². The van der Waals surface area contributed by atoms with Crippen LogP contribution < -0.4 is 4.24 Å². The minimum atomic E-state index is 0.192. The van der Waals surface area contributed by atoms with E-state index < -0.39 is 0 Å². The first-order valence-corrected chi connectivity index (χ1v) is 6.01. The fraction of sp³-hybridized carbons (Fsp3) is 0.200. The molecule has 0 amide bonds. The van der Waals surface area contributed by atoms with Crippen LogP contribution in [-0.4, -0.2) is 29.4 Å². The molecule has 17 heavy (non-hydrogen) atoms. The monoisotopic (exact) mass is 218 g/mol. The summed E-state index contributed by atoms with van der Waals surface area (Å²) in [6.45, 7) is 0.192. The van der Waals surface area contributed by atoms with Gasteiger partial charge in [0.15, 0.2) is 0 Å². The molecule has 0 bridgehead atoms. The fourth-order valence-corrected chi connectivity index (χ4v) is 2.02. The van der Waals surface area contributed by atoms with Gasteiger partial charge in [-0.25, -0.2) is 0 Å². The van der Waals surface area contributed by atoms with Crippen molar-refractivity contribution in [1.29, 1.82) is 0 Å². The Kier molecular flexibility index (Phi) is 4.45. The molecule has 2 rings (SSSR count). The van der Waals surface area contributed by atoms with Gasteiger partial charge in [-0.05, 0) is 0 Å². The van der Waals surface area contributed by atoms with Gasteiger partial charge in [-0.1, -0.05) is 0 Å². The molecule has 0 aliphatic heterocycles.